The molecule has 1 saturated carbocycles. The van der Waals surface area contributed by atoms with Crippen LogP contribution in [0, 0.1) is 13.8 Å². The van der Waals surface area contributed by atoms with E-state index in [9.17, 15) is 9.90 Å². The van der Waals surface area contributed by atoms with Crippen molar-refractivity contribution in [3.63, 3.8) is 0 Å². The molecular formula is C12H13N3O2. The third-order valence-electron chi connectivity index (χ3n) is 3.09. The highest BCUT2D eigenvalue weighted by molar-refractivity contribution is 6.02. The molecule has 0 aromatic carbocycles. The van der Waals surface area contributed by atoms with Gasteiger partial charge in [-0.15, -0.1) is 0 Å². The summed E-state index contributed by atoms with van der Waals surface area (Å²) in [5, 5.41) is 14.3. The first-order valence-corrected chi connectivity index (χ1v) is 5.67. The molecule has 0 spiro atoms. The van der Waals surface area contributed by atoms with Gasteiger partial charge in [0, 0.05) is 5.69 Å². The van der Waals surface area contributed by atoms with Gasteiger partial charge in [-0.05, 0) is 32.8 Å². The van der Waals surface area contributed by atoms with Crippen molar-refractivity contribution in [2.45, 2.75) is 32.7 Å². The van der Waals surface area contributed by atoms with E-state index in [4.69, 9.17) is 0 Å². The molecule has 0 atom stereocenters. The number of carbonyl (C=O) groups is 1. The van der Waals surface area contributed by atoms with Crippen molar-refractivity contribution in [3.05, 3.63) is 23.0 Å². The zero-order chi connectivity index (χ0) is 12.2. The quantitative estimate of drug-likeness (QED) is 0.859. The number of hydrogen-bond acceptors (Lipinski definition) is 3. The molecule has 88 valence electrons. The van der Waals surface area contributed by atoms with E-state index in [0.29, 0.717) is 22.6 Å². The summed E-state index contributed by atoms with van der Waals surface area (Å²) in [6.07, 6.45) is 2.21. The van der Waals surface area contributed by atoms with Gasteiger partial charge >= 0.3 is 5.97 Å². The van der Waals surface area contributed by atoms with Crippen LogP contribution in [-0.4, -0.2) is 25.8 Å². The van der Waals surface area contributed by atoms with Crippen molar-refractivity contribution in [3.8, 4) is 0 Å². The summed E-state index contributed by atoms with van der Waals surface area (Å²) in [5.41, 5.74) is 2.48. The first-order chi connectivity index (χ1) is 8.08. The maximum absolute atomic E-state index is 11.2. The second kappa shape index (κ2) is 3.29. The Morgan fingerprint density at radius 2 is 2.18 bits per heavy atom. The largest absolute Gasteiger partial charge is 0.478 e. The number of pyridine rings is 1. The molecule has 0 radical (unpaired) electrons. The van der Waals surface area contributed by atoms with Gasteiger partial charge in [0.05, 0.1) is 22.7 Å². The van der Waals surface area contributed by atoms with Gasteiger partial charge in [-0.1, -0.05) is 0 Å². The molecule has 3 rings (SSSR count). The number of carboxylic acid groups (broad SMARTS) is 1. The molecular weight excluding hydrogens is 218 g/mol. The smallest absolute Gasteiger partial charge is 0.336 e. The molecule has 1 fully saturated rings. The van der Waals surface area contributed by atoms with E-state index in [1.807, 2.05) is 18.5 Å². The average Bonchev–Trinajstić information content (AvgIpc) is 3.04. The summed E-state index contributed by atoms with van der Waals surface area (Å²) in [5.74, 6) is -0.918. The van der Waals surface area contributed by atoms with Crippen molar-refractivity contribution >= 4 is 17.0 Å². The summed E-state index contributed by atoms with van der Waals surface area (Å²) < 4.78 is 1.88. The van der Waals surface area contributed by atoms with Crippen LogP contribution in [0.4, 0.5) is 0 Å². The first kappa shape index (κ1) is 10.3. The fourth-order valence-electron chi connectivity index (χ4n) is 2.18. The van der Waals surface area contributed by atoms with Gasteiger partial charge in [0.15, 0.2) is 5.65 Å². The maximum Gasteiger partial charge on any atom is 0.336 e. The standard InChI is InChI=1S/C12H13N3O2/c1-6-5-9(12(16)17)10-7(2)14-15(8-3-4-8)11(10)13-6/h5,8H,3-4H2,1-2H3,(H,16,17). The fourth-order valence-corrected chi connectivity index (χ4v) is 2.18. The molecule has 17 heavy (non-hydrogen) atoms. The predicted molar refractivity (Wildman–Crippen MR) is 62.2 cm³/mol. The van der Waals surface area contributed by atoms with Crippen LogP contribution >= 0.6 is 0 Å². The summed E-state index contributed by atoms with van der Waals surface area (Å²) in [6.45, 7) is 3.65. The van der Waals surface area contributed by atoms with Crippen molar-refractivity contribution in [2.24, 2.45) is 0 Å². The molecule has 2 heterocycles. The Hall–Kier alpha value is -1.91. The first-order valence-electron chi connectivity index (χ1n) is 5.67. The zero-order valence-electron chi connectivity index (χ0n) is 9.77. The van der Waals surface area contributed by atoms with Gasteiger partial charge in [-0.3, -0.25) is 0 Å². The van der Waals surface area contributed by atoms with E-state index in [0.717, 1.165) is 24.2 Å². The second-order valence-electron chi connectivity index (χ2n) is 4.58. The molecule has 2 aromatic heterocycles. The van der Waals surface area contributed by atoms with E-state index < -0.39 is 5.97 Å². The molecule has 1 N–H and O–H groups in total. The maximum atomic E-state index is 11.2. The fraction of sp³-hybridized carbons (Fsp3) is 0.417. The Kier molecular flexibility index (Phi) is 1.98. The summed E-state index contributed by atoms with van der Waals surface area (Å²) in [6, 6.07) is 2.01. The molecule has 5 nitrogen and oxygen atoms in total. The monoisotopic (exact) mass is 231 g/mol. The van der Waals surface area contributed by atoms with E-state index in [2.05, 4.69) is 10.1 Å². The Morgan fingerprint density at radius 3 is 2.76 bits per heavy atom. The minimum absolute atomic E-state index is 0.303. The lowest BCUT2D eigenvalue weighted by Gasteiger charge is -2.02. The van der Waals surface area contributed by atoms with Gasteiger partial charge in [-0.25, -0.2) is 14.5 Å². The number of aryl methyl sites for hydroxylation is 2. The van der Waals surface area contributed by atoms with Crippen LogP contribution < -0.4 is 0 Å². The molecule has 0 amide bonds. The predicted octanol–water partition coefficient (Wildman–Crippen LogP) is 2.08. The number of rotatable bonds is 2. The van der Waals surface area contributed by atoms with E-state index in [1.165, 1.54) is 0 Å². The summed E-state index contributed by atoms with van der Waals surface area (Å²) in [4.78, 5) is 15.7. The highest BCUT2D eigenvalue weighted by atomic mass is 16.4. The third kappa shape index (κ3) is 1.50. The zero-order valence-corrected chi connectivity index (χ0v) is 9.77. The van der Waals surface area contributed by atoms with Crippen LogP contribution in [0.1, 0.15) is 40.6 Å². The van der Waals surface area contributed by atoms with Crippen molar-refractivity contribution in [2.75, 3.05) is 0 Å². The van der Waals surface area contributed by atoms with E-state index >= 15 is 0 Å². The number of hydrogen-bond donors (Lipinski definition) is 1. The molecule has 5 heteroatoms. The minimum Gasteiger partial charge on any atom is -0.478 e. The van der Waals surface area contributed by atoms with Gasteiger partial charge in [0.1, 0.15) is 0 Å². The van der Waals surface area contributed by atoms with Crippen LogP contribution in [0.25, 0.3) is 11.0 Å². The highest BCUT2D eigenvalue weighted by Crippen LogP contribution is 2.37. The van der Waals surface area contributed by atoms with E-state index in [1.54, 1.807) is 6.07 Å². The lowest BCUT2D eigenvalue weighted by molar-refractivity contribution is 0.0699. The number of fused-ring (bicyclic) bond motifs is 1. The second-order valence-corrected chi connectivity index (χ2v) is 4.58. The minimum atomic E-state index is -0.918. The molecule has 0 aliphatic heterocycles. The molecule has 2 aromatic rings. The van der Waals surface area contributed by atoms with Crippen molar-refractivity contribution in [1.29, 1.82) is 0 Å². The highest BCUT2D eigenvalue weighted by Gasteiger charge is 2.29. The van der Waals surface area contributed by atoms with Crippen LogP contribution in [0.5, 0.6) is 0 Å². The Morgan fingerprint density at radius 1 is 1.47 bits per heavy atom. The Bertz CT molecular complexity index is 626. The molecule has 0 unspecified atom stereocenters. The number of carboxylic acids is 1. The third-order valence-corrected chi connectivity index (χ3v) is 3.09. The molecule has 1 aliphatic rings. The van der Waals surface area contributed by atoms with Crippen molar-refractivity contribution in [1.82, 2.24) is 14.8 Å². The van der Waals surface area contributed by atoms with Crippen LogP contribution in [0.3, 0.4) is 0 Å². The van der Waals surface area contributed by atoms with Crippen LogP contribution in [-0.2, 0) is 0 Å². The number of nitrogens with zero attached hydrogens (tertiary/aromatic N) is 3. The van der Waals surface area contributed by atoms with Crippen LogP contribution in [0.15, 0.2) is 6.07 Å². The Balaban J connectivity index is 2.38. The molecule has 0 bridgehead atoms. The topological polar surface area (TPSA) is 68.0 Å². The van der Waals surface area contributed by atoms with Crippen molar-refractivity contribution < 1.29 is 9.90 Å². The lowest BCUT2D eigenvalue weighted by Crippen LogP contribution is -2.02. The van der Waals surface area contributed by atoms with Crippen LogP contribution in [0.2, 0.25) is 0 Å². The summed E-state index contributed by atoms with van der Waals surface area (Å²) in [7, 11) is 0. The normalized spacial score (nSPS) is 15.4. The molecule has 0 saturated heterocycles. The van der Waals surface area contributed by atoms with Gasteiger partial charge in [-0.2, -0.15) is 5.10 Å². The summed E-state index contributed by atoms with van der Waals surface area (Å²) >= 11 is 0. The van der Waals surface area contributed by atoms with E-state index in [-0.39, 0.29) is 0 Å². The lowest BCUT2D eigenvalue weighted by atomic mass is 10.1. The van der Waals surface area contributed by atoms with Gasteiger partial charge in [0.25, 0.3) is 0 Å². The Labute approximate surface area is 98.1 Å². The number of aromatic nitrogens is 3. The van der Waals surface area contributed by atoms with Gasteiger partial charge in [0.2, 0.25) is 0 Å². The molecule has 1 aliphatic carbocycles. The average molecular weight is 231 g/mol. The SMILES string of the molecule is Cc1cc(C(=O)O)c2c(C)nn(C3CC3)c2n1. The number of aromatic carboxylic acids is 1. The van der Waals surface area contributed by atoms with Gasteiger partial charge < -0.3 is 5.11 Å².